The van der Waals surface area contributed by atoms with Gasteiger partial charge in [-0.15, -0.1) is 0 Å². The topological polar surface area (TPSA) is 49.4 Å². The molecule has 1 saturated carbocycles. The number of nitrogens with zero attached hydrogens (tertiary/aromatic N) is 1. The lowest BCUT2D eigenvalue weighted by Gasteiger charge is -2.29. The van der Waals surface area contributed by atoms with E-state index in [1.807, 2.05) is 17.0 Å². The normalized spacial score (nSPS) is 23.4. The quantitative estimate of drug-likeness (QED) is 0.916. The van der Waals surface area contributed by atoms with Gasteiger partial charge in [-0.2, -0.15) is 0 Å². The summed E-state index contributed by atoms with van der Waals surface area (Å²) in [6.45, 7) is 4.02. The predicted molar refractivity (Wildman–Crippen MR) is 80.5 cm³/mol. The van der Waals surface area contributed by atoms with Crippen molar-refractivity contribution in [3.8, 4) is 0 Å². The van der Waals surface area contributed by atoms with Crippen LogP contribution in [0.4, 0.5) is 0 Å². The zero-order valence-corrected chi connectivity index (χ0v) is 12.5. The Bertz CT molecular complexity index is 555. The smallest absolute Gasteiger partial charge is 0.224 e. The molecule has 0 saturated heterocycles. The molecule has 1 fully saturated rings. The van der Waals surface area contributed by atoms with Crippen LogP contribution in [0.5, 0.6) is 0 Å². The largest absolute Gasteiger partial charge is 0.355 e. The Morgan fingerprint density at radius 2 is 2.00 bits per heavy atom. The van der Waals surface area contributed by atoms with Gasteiger partial charge in [0.25, 0.3) is 0 Å². The van der Waals surface area contributed by atoms with E-state index in [4.69, 9.17) is 0 Å². The van der Waals surface area contributed by atoms with Gasteiger partial charge in [0, 0.05) is 32.0 Å². The Labute approximate surface area is 125 Å². The van der Waals surface area contributed by atoms with Gasteiger partial charge in [-0.05, 0) is 29.9 Å². The van der Waals surface area contributed by atoms with Crippen LogP contribution in [0, 0.1) is 11.8 Å². The fourth-order valence-electron chi connectivity index (χ4n) is 2.98. The molecule has 2 atom stereocenters. The average Bonchev–Trinajstić information content (AvgIpc) is 3.23. The fraction of sp³-hybridized carbons (Fsp3) is 0.529. The SMILES string of the molecule is C[C@H]1C[C@@H]1C(=O)NCCC(=O)N1CCc2ccccc2C1. The number of rotatable bonds is 4. The predicted octanol–water partition coefficient (Wildman–Crippen LogP) is 1.73. The van der Waals surface area contributed by atoms with E-state index in [0.717, 1.165) is 19.4 Å². The van der Waals surface area contributed by atoms with Gasteiger partial charge in [0.1, 0.15) is 0 Å². The number of hydrogen-bond acceptors (Lipinski definition) is 2. The summed E-state index contributed by atoms with van der Waals surface area (Å²) < 4.78 is 0. The maximum absolute atomic E-state index is 12.2. The summed E-state index contributed by atoms with van der Waals surface area (Å²) in [7, 11) is 0. The van der Waals surface area contributed by atoms with Crippen LogP contribution >= 0.6 is 0 Å². The van der Waals surface area contributed by atoms with Crippen molar-refractivity contribution in [2.75, 3.05) is 13.1 Å². The number of nitrogens with one attached hydrogen (secondary N) is 1. The van der Waals surface area contributed by atoms with Crippen LogP contribution in [0.1, 0.15) is 30.9 Å². The summed E-state index contributed by atoms with van der Waals surface area (Å²) in [5, 5.41) is 2.88. The van der Waals surface area contributed by atoms with E-state index >= 15 is 0 Å². The van der Waals surface area contributed by atoms with Gasteiger partial charge in [-0.1, -0.05) is 31.2 Å². The monoisotopic (exact) mass is 286 g/mol. The van der Waals surface area contributed by atoms with Crippen LogP contribution in [0.3, 0.4) is 0 Å². The maximum Gasteiger partial charge on any atom is 0.224 e. The van der Waals surface area contributed by atoms with Gasteiger partial charge >= 0.3 is 0 Å². The van der Waals surface area contributed by atoms with Crippen molar-refractivity contribution in [3.05, 3.63) is 35.4 Å². The highest BCUT2D eigenvalue weighted by molar-refractivity contribution is 5.82. The second kappa shape index (κ2) is 5.88. The molecule has 1 aliphatic heterocycles. The molecule has 2 aliphatic rings. The summed E-state index contributed by atoms with van der Waals surface area (Å²) >= 11 is 0. The molecule has 2 amide bonds. The molecule has 112 valence electrons. The molecular formula is C17H22N2O2. The van der Waals surface area contributed by atoms with E-state index in [0.29, 0.717) is 25.4 Å². The Hall–Kier alpha value is -1.84. The van der Waals surface area contributed by atoms with E-state index in [2.05, 4.69) is 24.4 Å². The second-order valence-electron chi connectivity index (χ2n) is 6.19. The van der Waals surface area contributed by atoms with Crippen LogP contribution in [0.2, 0.25) is 0 Å². The molecule has 0 bridgehead atoms. The number of amides is 2. The zero-order valence-electron chi connectivity index (χ0n) is 12.5. The van der Waals surface area contributed by atoms with E-state index < -0.39 is 0 Å². The molecule has 0 unspecified atom stereocenters. The van der Waals surface area contributed by atoms with Crippen LogP contribution in [0.25, 0.3) is 0 Å². The first kappa shape index (κ1) is 14.1. The highest BCUT2D eigenvalue weighted by atomic mass is 16.2. The molecule has 1 aromatic rings. The highest BCUT2D eigenvalue weighted by Gasteiger charge is 2.38. The summed E-state index contributed by atoms with van der Waals surface area (Å²) in [6.07, 6.45) is 2.31. The lowest BCUT2D eigenvalue weighted by Crippen LogP contribution is -2.38. The summed E-state index contributed by atoms with van der Waals surface area (Å²) in [6, 6.07) is 8.29. The zero-order chi connectivity index (χ0) is 14.8. The minimum Gasteiger partial charge on any atom is -0.355 e. The van der Waals surface area contributed by atoms with Gasteiger partial charge < -0.3 is 10.2 Å². The molecule has 1 heterocycles. The van der Waals surface area contributed by atoms with E-state index in [1.54, 1.807) is 0 Å². The molecule has 21 heavy (non-hydrogen) atoms. The van der Waals surface area contributed by atoms with Crippen molar-refractivity contribution in [1.82, 2.24) is 10.2 Å². The third-order valence-corrected chi connectivity index (χ3v) is 4.57. The first-order valence-electron chi connectivity index (χ1n) is 7.77. The molecule has 0 radical (unpaired) electrons. The fourth-order valence-corrected chi connectivity index (χ4v) is 2.98. The molecular weight excluding hydrogens is 264 g/mol. The van der Waals surface area contributed by atoms with E-state index in [1.165, 1.54) is 11.1 Å². The minimum absolute atomic E-state index is 0.110. The second-order valence-corrected chi connectivity index (χ2v) is 6.19. The lowest BCUT2D eigenvalue weighted by molar-refractivity contribution is -0.132. The number of carbonyl (C=O) groups is 2. The lowest BCUT2D eigenvalue weighted by atomic mass is 10.00. The standard InChI is InChI=1S/C17H22N2O2/c1-12-10-15(12)17(21)18-8-6-16(20)19-9-7-13-4-2-3-5-14(13)11-19/h2-5,12,15H,6-11H2,1H3,(H,18,21)/t12-,15-/m0/s1. The molecule has 3 rings (SSSR count). The maximum atomic E-state index is 12.2. The van der Waals surface area contributed by atoms with Crippen LogP contribution in [-0.2, 0) is 22.6 Å². The van der Waals surface area contributed by atoms with Crippen LogP contribution < -0.4 is 5.32 Å². The van der Waals surface area contributed by atoms with Crippen LogP contribution in [-0.4, -0.2) is 29.8 Å². The van der Waals surface area contributed by atoms with Crippen LogP contribution in [0.15, 0.2) is 24.3 Å². The minimum atomic E-state index is 0.110. The number of carbonyl (C=O) groups excluding carboxylic acids is 2. The van der Waals surface area contributed by atoms with Crippen molar-refractivity contribution < 1.29 is 9.59 Å². The molecule has 0 aromatic heterocycles. The summed E-state index contributed by atoms with van der Waals surface area (Å²) in [4.78, 5) is 25.8. The number of benzene rings is 1. The van der Waals surface area contributed by atoms with E-state index in [9.17, 15) is 9.59 Å². The molecule has 0 spiro atoms. The van der Waals surface area contributed by atoms with Crippen molar-refractivity contribution in [2.45, 2.75) is 32.7 Å². The average molecular weight is 286 g/mol. The molecule has 4 nitrogen and oxygen atoms in total. The molecule has 1 N–H and O–H groups in total. The summed E-state index contributed by atoms with van der Waals surface area (Å²) in [5.74, 6) is 0.939. The Balaban J connectivity index is 1.45. The first-order valence-corrected chi connectivity index (χ1v) is 7.77. The van der Waals surface area contributed by atoms with Crippen molar-refractivity contribution in [2.24, 2.45) is 11.8 Å². The highest BCUT2D eigenvalue weighted by Crippen LogP contribution is 2.37. The Morgan fingerprint density at radius 1 is 1.29 bits per heavy atom. The Morgan fingerprint density at radius 3 is 2.71 bits per heavy atom. The molecule has 1 aliphatic carbocycles. The van der Waals surface area contributed by atoms with Crippen molar-refractivity contribution in [1.29, 1.82) is 0 Å². The van der Waals surface area contributed by atoms with Crippen molar-refractivity contribution in [3.63, 3.8) is 0 Å². The third-order valence-electron chi connectivity index (χ3n) is 4.57. The summed E-state index contributed by atoms with van der Waals surface area (Å²) in [5.41, 5.74) is 2.59. The van der Waals surface area contributed by atoms with Gasteiger partial charge in [0.15, 0.2) is 0 Å². The molecule has 1 aromatic carbocycles. The van der Waals surface area contributed by atoms with Gasteiger partial charge in [0.2, 0.25) is 11.8 Å². The van der Waals surface area contributed by atoms with Gasteiger partial charge in [0.05, 0.1) is 0 Å². The van der Waals surface area contributed by atoms with Gasteiger partial charge in [-0.3, -0.25) is 9.59 Å². The third kappa shape index (κ3) is 3.26. The van der Waals surface area contributed by atoms with Gasteiger partial charge in [-0.25, -0.2) is 0 Å². The first-order chi connectivity index (χ1) is 10.1. The Kier molecular flexibility index (Phi) is 3.95. The van der Waals surface area contributed by atoms with Crippen molar-refractivity contribution >= 4 is 11.8 Å². The number of hydrogen-bond donors (Lipinski definition) is 1. The van der Waals surface area contributed by atoms with E-state index in [-0.39, 0.29) is 17.7 Å². The number of fused-ring (bicyclic) bond motifs is 1. The molecule has 4 heteroatoms.